The van der Waals surface area contributed by atoms with Crippen molar-refractivity contribution in [1.29, 1.82) is 0 Å². The lowest BCUT2D eigenvalue weighted by Crippen LogP contribution is -2.31. The molecule has 128 valence electrons. The van der Waals surface area contributed by atoms with Gasteiger partial charge in [0.2, 0.25) is 11.8 Å². The number of amides is 1. The second kappa shape index (κ2) is 7.49. The van der Waals surface area contributed by atoms with Crippen LogP contribution in [0.25, 0.3) is 0 Å². The standard InChI is InChI=1S/C18H24N4O2/c1-19-17(23)9-14-10-21(13-16-6-4-8-22(16)11-14)12-15-5-3-7-20-18(15)24-2/h3-8,14H,9-13H2,1-2H3,(H,19,23)/t14-/m0/s1. The maximum absolute atomic E-state index is 11.8. The molecule has 6 heteroatoms. The molecule has 2 aromatic rings. The minimum absolute atomic E-state index is 0.0921. The van der Waals surface area contributed by atoms with Gasteiger partial charge in [-0.05, 0) is 24.1 Å². The first-order valence-corrected chi connectivity index (χ1v) is 8.24. The van der Waals surface area contributed by atoms with Crippen LogP contribution in [0.5, 0.6) is 5.88 Å². The van der Waals surface area contributed by atoms with Crippen LogP contribution in [0, 0.1) is 5.92 Å². The quantitative estimate of drug-likeness (QED) is 0.907. The van der Waals surface area contributed by atoms with Gasteiger partial charge in [0.05, 0.1) is 7.11 Å². The number of nitrogens with zero attached hydrogens (tertiary/aromatic N) is 3. The number of hydrogen-bond acceptors (Lipinski definition) is 4. The molecule has 3 rings (SSSR count). The van der Waals surface area contributed by atoms with E-state index >= 15 is 0 Å². The van der Waals surface area contributed by atoms with Crippen LogP contribution in [-0.2, 0) is 24.4 Å². The largest absolute Gasteiger partial charge is 0.481 e. The minimum atomic E-state index is 0.0921. The van der Waals surface area contributed by atoms with E-state index in [0.29, 0.717) is 12.3 Å². The van der Waals surface area contributed by atoms with Crippen molar-refractivity contribution < 1.29 is 9.53 Å². The Morgan fingerprint density at radius 3 is 3.04 bits per heavy atom. The van der Waals surface area contributed by atoms with E-state index in [4.69, 9.17) is 4.74 Å². The first-order chi connectivity index (χ1) is 11.7. The van der Waals surface area contributed by atoms with Gasteiger partial charge in [-0.2, -0.15) is 0 Å². The highest BCUT2D eigenvalue weighted by Crippen LogP contribution is 2.23. The molecule has 1 atom stereocenters. The van der Waals surface area contributed by atoms with E-state index in [1.54, 1.807) is 20.4 Å². The number of carbonyl (C=O) groups excluding carboxylic acids is 1. The minimum Gasteiger partial charge on any atom is -0.481 e. The molecule has 1 amide bonds. The molecule has 1 aliphatic heterocycles. The SMILES string of the molecule is CNC(=O)C[C@H]1CN(Cc2cccnc2OC)Cc2cccn2C1. The molecule has 6 nitrogen and oxygen atoms in total. The van der Waals surface area contributed by atoms with Crippen molar-refractivity contribution in [1.82, 2.24) is 19.8 Å². The van der Waals surface area contributed by atoms with E-state index in [9.17, 15) is 4.79 Å². The molecule has 0 spiro atoms. The Morgan fingerprint density at radius 2 is 2.25 bits per heavy atom. The predicted octanol–water partition coefficient (Wildman–Crippen LogP) is 1.66. The van der Waals surface area contributed by atoms with Crippen molar-refractivity contribution in [2.45, 2.75) is 26.1 Å². The summed E-state index contributed by atoms with van der Waals surface area (Å²) in [6.07, 6.45) is 4.37. The molecule has 24 heavy (non-hydrogen) atoms. The highest BCUT2D eigenvalue weighted by molar-refractivity contribution is 5.75. The van der Waals surface area contributed by atoms with Crippen molar-refractivity contribution in [2.75, 3.05) is 20.7 Å². The summed E-state index contributed by atoms with van der Waals surface area (Å²) in [5.41, 5.74) is 2.34. The second-order valence-electron chi connectivity index (χ2n) is 6.24. The molecule has 0 fully saturated rings. The number of aromatic nitrogens is 2. The Kier molecular flexibility index (Phi) is 5.15. The van der Waals surface area contributed by atoms with Gasteiger partial charge in [0.25, 0.3) is 0 Å². The first-order valence-electron chi connectivity index (χ1n) is 8.24. The first kappa shape index (κ1) is 16.5. The highest BCUT2D eigenvalue weighted by atomic mass is 16.5. The molecule has 0 aliphatic carbocycles. The highest BCUT2D eigenvalue weighted by Gasteiger charge is 2.24. The van der Waals surface area contributed by atoms with Gasteiger partial charge in [-0.3, -0.25) is 9.69 Å². The van der Waals surface area contributed by atoms with Gasteiger partial charge < -0.3 is 14.6 Å². The van der Waals surface area contributed by atoms with E-state index in [0.717, 1.165) is 31.7 Å². The summed E-state index contributed by atoms with van der Waals surface area (Å²) in [5.74, 6) is 1.04. The molecule has 0 saturated heterocycles. The molecule has 0 unspecified atom stereocenters. The zero-order valence-corrected chi connectivity index (χ0v) is 14.2. The van der Waals surface area contributed by atoms with Gasteiger partial charge in [0, 0.05) is 63.3 Å². The number of ether oxygens (including phenoxy) is 1. The third-order valence-corrected chi connectivity index (χ3v) is 4.47. The summed E-state index contributed by atoms with van der Waals surface area (Å²) >= 11 is 0. The van der Waals surface area contributed by atoms with Crippen LogP contribution in [0.1, 0.15) is 17.7 Å². The van der Waals surface area contributed by atoms with E-state index in [1.807, 2.05) is 12.1 Å². The predicted molar refractivity (Wildman–Crippen MR) is 91.5 cm³/mol. The zero-order valence-electron chi connectivity index (χ0n) is 14.2. The lowest BCUT2D eigenvalue weighted by molar-refractivity contribution is -0.121. The maximum atomic E-state index is 11.8. The molecule has 2 aromatic heterocycles. The van der Waals surface area contributed by atoms with Crippen molar-refractivity contribution >= 4 is 5.91 Å². The van der Waals surface area contributed by atoms with Crippen LogP contribution in [0.3, 0.4) is 0 Å². The number of pyridine rings is 1. The zero-order chi connectivity index (χ0) is 16.9. The van der Waals surface area contributed by atoms with E-state index in [1.165, 1.54) is 5.69 Å². The second-order valence-corrected chi connectivity index (χ2v) is 6.24. The summed E-state index contributed by atoms with van der Waals surface area (Å²) in [6, 6.07) is 8.19. The number of methoxy groups -OCH3 is 1. The van der Waals surface area contributed by atoms with Crippen molar-refractivity contribution in [2.24, 2.45) is 5.92 Å². The summed E-state index contributed by atoms with van der Waals surface area (Å²) in [5, 5.41) is 2.74. The molecule has 1 aliphatic rings. The van der Waals surface area contributed by atoms with E-state index in [2.05, 4.69) is 38.1 Å². The third kappa shape index (κ3) is 3.76. The Labute approximate surface area is 142 Å². The Bertz CT molecular complexity index is 698. The summed E-state index contributed by atoms with van der Waals surface area (Å²) in [4.78, 5) is 18.5. The van der Waals surface area contributed by atoms with E-state index in [-0.39, 0.29) is 11.8 Å². The summed E-state index contributed by atoms with van der Waals surface area (Å²) in [6.45, 7) is 3.35. The molecule has 0 bridgehead atoms. The average Bonchev–Trinajstić information content (AvgIpc) is 2.95. The number of carbonyl (C=O) groups is 1. The molecular weight excluding hydrogens is 304 g/mol. The van der Waals surface area contributed by atoms with Crippen LogP contribution in [0.15, 0.2) is 36.7 Å². The van der Waals surface area contributed by atoms with Crippen LogP contribution in [0.2, 0.25) is 0 Å². The van der Waals surface area contributed by atoms with Crippen molar-refractivity contribution in [3.8, 4) is 5.88 Å². The van der Waals surface area contributed by atoms with Gasteiger partial charge >= 0.3 is 0 Å². The smallest absolute Gasteiger partial charge is 0.220 e. The van der Waals surface area contributed by atoms with E-state index < -0.39 is 0 Å². The Balaban J connectivity index is 1.80. The Morgan fingerprint density at radius 1 is 1.38 bits per heavy atom. The molecule has 1 N–H and O–H groups in total. The van der Waals surface area contributed by atoms with Crippen LogP contribution in [0.4, 0.5) is 0 Å². The fraction of sp³-hybridized carbons (Fsp3) is 0.444. The topological polar surface area (TPSA) is 59.4 Å². The van der Waals surface area contributed by atoms with Gasteiger partial charge in [-0.25, -0.2) is 4.98 Å². The molecule has 0 saturated carbocycles. The monoisotopic (exact) mass is 328 g/mol. The van der Waals surface area contributed by atoms with Crippen molar-refractivity contribution in [3.63, 3.8) is 0 Å². The normalized spacial score (nSPS) is 17.8. The van der Waals surface area contributed by atoms with Crippen molar-refractivity contribution in [3.05, 3.63) is 47.9 Å². The van der Waals surface area contributed by atoms with Crippen LogP contribution < -0.4 is 10.1 Å². The fourth-order valence-electron chi connectivity index (χ4n) is 3.35. The molecule has 0 radical (unpaired) electrons. The average molecular weight is 328 g/mol. The van der Waals surface area contributed by atoms with Gasteiger partial charge in [0.1, 0.15) is 0 Å². The third-order valence-electron chi connectivity index (χ3n) is 4.47. The molecule has 3 heterocycles. The number of fused-ring (bicyclic) bond motifs is 1. The summed E-state index contributed by atoms with van der Waals surface area (Å²) in [7, 11) is 3.34. The van der Waals surface area contributed by atoms with Gasteiger partial charge in [-0.15, -0.1) is 0 Å². The molecule has 0 aromatic carbocycles. The Hall–Kier alpha value is -2.34. The van der Waals surface area contributed by atoms with Gasteiger partial charge in [0.15, 0.2) is 0 Å². The van der Waals surface area contributed by atoms with Gasteiger partial charge in [-0.1, -0.05) is 6.07 Å². The maximum Gasteiger partial charge on any atom is 0.220 e. The van der Waals surface area contributed by atoms with Crippen LogP contribution >= 0.6 is 0 Å². The number of rotatable bonds is 5. The molecular formula is C18H24N4O2. The lowest BCUT2D eigenvalue weighted by Gasteiger charge is -2.24. The van der Waals surface area contributed by atoms with Crippen LogP contribution in [-0.4, -0.2) is 41.1 Å². The summed E-state index contributed by atoms with van der Waals surface area (Å²) < 4.78 is 7.63. The lowest BCUT2D eigenvalue weighted by atomic mass is 10.0. The number of hydrogen-bond donors (Lipinski definition) is 1. The fourth-order valence-corrected chi connectivity index (χ4v) is 3.35. The number of nitrogens with one attached hydrogen (secondary N) is 1.